The molecule has 0 spiro atoms. The summed E-state index contributed by atoms with van der Waals surface area (Å²) in [5, 5.41) is 0. The first-order valence-electron chi connectivity index (χ1n) is 6.27. The van der Waals surface area contributed by atoms with Crippen LogP contribution in [0.2, 0.25) is 6.04 Å². The van der Waals surface area contributed by atoms with Crippen LogP contribution in [0, 0.1) is 0 Å². The Balaban J connectivity index is 1.83. The van der Waals surface area contributed by atoms with E-state index in [0.717, 1.165) is 19.6 Å². The van der Waals surface area contributed by atoms with Gasteiger partial charge in [0.15, 0.2) is 0 Å². The zero-order valence-electron chi connectivity index (χ0n) is 10.4. The molecule has 3 rings (SSSR count). The van der Waals surface area contributed by atoms with E-state index >= 15 is 0 Å². The van der Waals surface area contributed by atoms with Gasteiger partial charge in [-0.15, -0.1) is 0 Å². The summed E-state index contributed by atoms with van der Waals surface area (Å²) in [6.45, 7) is 5.00. The molecule has 2 N–H and O–H groups in total. The number of nitrogens with two attached hydrogens (primary N) is 1. The first-order chi connectivity index (χ1) is 8.70. The van der Waals surface area contributed by atoms with Gasteiger partial charge in [0.1, 0.15) is 0 Å². The molecule has 2 bridgehead atoms. The minimum Gasteiger partial charge on any atom is -0.450 e. The van der Waals surface area contributed by atoms with Crippen molar-refractivity contribution < 1.29 is 22.8 Å². The molecule has 0 saturated carbocycles. The molecule has 1 amide bonds. The molecule has 3 saturated heterocycles. The van der Waals surface area contributed by atoms with Crippen molar-refractivity contribution in [1.29, 1.82) is 0 Å². The number of hydrogen-bond acceptors (Lipinski definition) is 6. The summed E-state index contributed by atoms with van der Waals surface area (Å²) in [6, 6.07) is 0.667. The highest BCUT2D eigenvalue weighted by Gasteiger charge is 2.43. The molecule has 0 aromatic carbocycles. The van der Waals surface area contributed by atoms with Gasteiger partial charge in [0, 0.05) is 25.7 Å². The Morgan fingerprint density at radius 2 is 1.72 bits per heavy atom. The van der Waals surface area contributed by atoms with Gasteiger partial charge in [-0.1, -0.05) is 0 Å². The van der Waals surface area contributed by atoms with Crippen LogP contribution in [-0.2, 0) is 18.0 Å². The second kappa shape index (κ2) is 6.48. The van der Waals surface area contributed by atoms with Crippen molar-refractivity contribution >= 4 is 14.9 Å². The zero-order chi connectivity index (χ0) is 12.8. The fraction of sp³-hybridized carbons (Fsp3) is 0.900. The predicted octanol–water partition coefficient (Wildman–Crippen LogP) is -0.210. The molecule has 0 radical (unpaired) electrons. The van der Waals surface area contributed by atoms with Crippen molar-refractivity contribution in [2.75, 3.05) is 46.1 Å². The smallest absolute Gasteiger partial charge is 0.450 e. The minimum absolute atomic E-state index is 0.284. The summed E-state index contributed by atoms with van der Waals surface area (Å²) >= 11 is 0. The summed E-state index contributed by atoms with van der Waals surface area (Å²) in [7, 11) is -2.56. The van der Waals surface area contributed by atoms with E-state index in [1.807, 2.05) is 0 Å². The van der Waals surface area contributed by atoms with Gasteiger partial charge in [-0.2, -0.15) is 0 Å². The Morgan fingerprint density at radius 1 is 1.17 bits per heavy atom. The first kappa shape index (κ1) is 13.8. The van der Waals surface area contributed by atoms with E-state index in [-0.39, 0.29) is 6.61 Å². The summed E-state index contributed by atoms with van der Waals surface area (Å²) in [4.78, 5) is 12.7. The molecular formula is C10H20N2O5Si. The monoisotopic (exact) mass is 276 g/mol. The lowest BCUT2D eigenvalue weighted by Crippen LogP contribution is -2.55. The molecule has 0 aromatic heterocycles. The zero-order valence-corrected chi connectivity index (χ0v) is 11.4. The van der Waals surface area contributed by atoms with Crippen LogP contribution < -0.4 is 5.73 Å². The molecule has 0 aromatic rings. The van der Waals surface area contributed by atoms with Crippen molar-refractivity contribution in [2.45, 2.75) is 12.5 Å². The topological polar surface area (TPSA) is 83.3 Å². The lowest BCUT2D eigenvalue weighted by Gasteiger charge is -2.38. The maximum atomic E-state index is 10.5. The van der Waals surface area contributed by atoms with Crippen molar-refractivity contribution in [3.8, 4) is 0 Å². The van der Waals surface area contributed by atoms with Crippen LogP contribution in [-0.4, -0.2) is 65.9 Å². The number of fused-ring (bicyclic) bond motifs is 6. The Hall–Kier alpha value is -0.673. The lowest BCUT2D eigenvalue weighted by molar-refractivity contribution is -0.00922. The van der Waals surface area contributed by atoms with E-state index in [1.165, 1.54) is 0 Å². The van der Waals surface area contributed by atoms with E-state index in [2.05, 4.69) is 4.90 Å². The van der Waals surface area contributed by atoms with E-state index in [4.69, 9.17) is 23.7 Å². The van der Waals surface area contributed by atoms with Crippen LogP contribution in [0.4, 0.5) is 4.79 Å². The number of carbonyl (C=O) groups is 1. The molecule has 3 aliphatic heterocycles. The summed E-state index contributed by atoms with van der Waals surface area (Å²) < 4.78 is 22.2. The summed E-state index contributed by atoms with van der Waals surface area (Å²) in [5.41, 5.74) is 4.91. The Bertz CT molecular complexity index is 265. The van der Waals surface area contributed by atoms with Crippen molar-refractivity contribution in [1.82, 2.24) is 4.90 Å². The third-order valence-electron chi connectivity index (χ3n) is 3.06. The molecular weight excluding hydrogens is 256 g/mol. The number of rotatable bonds is 4. The fourth-order valence-electron chi connectivity index (χ4n) is 2.13. The molecule has 3 aliphatic rings. The molecule has 0 unspecified atom stereocenters. The van der Waals surface area contributed by atoms with Crippen LogP contribution >= 0.6 is 0 Å². The molecule has 7 nitrogen and oxygen atoms in total. The van der Waals surface area contributed by atoms with Crippen LogP contribution in [0.5, 0.6) is 0 Å². The van der Waals surface area contributed by atoms with Crippen LogP contribution in [0.15, 0.2) is 0 Å². The quantitative estimate of drug-likeness (QED) is 0.565. The van der Waals surface area contributed by atoms with Crippen LogP contribution in [0.1, 0.15) is 6.42 Å². The molecule has 0 atom stereocenters. The molecule has 0 aliphatic carbocycles. The van der Waals surface area contributed by atoms with Crippen molar-refractivity contribution in [2.24, 2.45) is 5.73 Å². The van der Waals surface area contributed by atoms with Crippen LogP contribution in [0.25, 0.3) is 0 Å². The molecule has 18 heavy (non-hydrogen) atoms. The second-order valence-electron chi connectivity index (χ2n) is 4.34. The molecule has 8 heteroatoms. The highest BCUT2D eigenvalue weighted by Crippen LogP contribution is 2.21. The molecule has 104 valence electrons. The second-order valence-corrected chi connectivity index (χ2v) is 7.07. The predicted molar refractivity (Wildman–Crippen MR) is 65.0 cm³/mol. The van der Waals surface area contributed by atoms with Gasteiger partial charge in [-0.3, -0.25) is 4.90 Å². The third-order valence-corrected chi connectivity index (χ3v) is 5.96. The number of ether oxygens (including phenoxy) is 1. The Kier molecular flexibility index (Phi) is 4.95. The molecule has 3 fully saturated rings. The number of carbonyl (C=O) groups excluding carboxylic acids is 1. The van der Waals surface area contributed by atoms with Crippen molar-refractivity contribution in [3.63, 3.8) is 0 Å². The number of nitrogens with zero attached hydrogens (tertiary/aromatic N) is 1. The van der Waals surface area contributed by atoms with Crippen molar-refractivity contribution in [3.05, 3.63) is 0 Å². The number of hydrogen-bond donors (Lipinski definition) is 1. The normalized spacial score (nSPS) is 32.3. The maximum absolute atomic E-state index is 10.5. The Morgan fingerprint density at radius 3 is 2.22 bits per heavy atom. The number of amides is 1. The standard InChI is InChI=1S/C10H20N2O5Si/c11-10(13)14-5-1-9-18-15-6-2-12(3-7-16-18)4-8-17-18/h1-9H2,(H2,11,13). The lowest BCUT2D eigenvalue weighted by atomic mass is 10.4. The summed E-state index contributed by atoms with van der Waals surface area (Å²) in [5.74, 6) is 0. The average Bonchev–Trinajstić information content (AvgIpc) is 2.24. The van der Waals surface area contributed by atoms with E-state index in [9.17, 15) is 4.79 Å². The highest BCUT2D eigenvalue weighted by molar-refractivity contribution is 6.60. The summed E-state index contributed by atoms with van der Waals surface area (Å²) in [6.07, 6.45) is -0.0957. The average molecular weight is 276 g/mol. The van der Waals surface area contributed by atoms with E-state index in [1.54, 1.807) is 0 Å². The van der Waals surface area contributed by atoms with Crippen LogP contribution in [0.3, 0.4) is 0 Å². The van der Waals surface area contributed by atoms with Gasteiger partial charge in [-0.05, 0) is 6.42 Å². The maximum Gasteiger partial charge on any atom is 0.501 e. The SMILES string of the molecule is NC(=O)OCCC[Si]12OCCN(CCO1)CCO2. The largest absolute Gasteiger partial charge is 0.501 e. The van der Waals surface area contributed by atoms with E-state index < -0.39 is 14.9 Å². The van der Waals surface area contributed by atoms with E-state index in [0.29, 0.717) is 32.3 Å². The number of primary amides is 1. The van der Waals surface area contributed by atoms with Gasteiger partial charge in [0.05, 0.1) is 26.4 Å². The minimum atomic E-state index is -2.56. The van der Waals surface area contributed by atoms with Gasteiger partial charge in [0.2, 0.25) is 0 Å². The van der Waals surface area contributed by atoms with Gasteiger partial charge in [-0.25, -0.2) is 4.79 Å². The Labute approximate surface area is 107 Å². The van der Waals surface area contributed by atoms with Gasteiger partial charge >= 0.3 is 14.9 Å². The fourth-order valence-corrected chi connectivity index (χ4v) is 4.60. The molecule has 3 heterocycles. The van der Waals surface area contributed by atoms with Gasteiger partial charge < -0.3 is 23.7 Å². The highest BCUT2D eigenvalue weighted by atomic mass is 28.4. The third kappa shape index (κ3) is 3.92. The van der Waals surface area contributed by atoms with Gasteiger partial charge in [0.25, 0.3) is 0 Å². The first-order valence-corrected chi connectivity index (χ1v) is 8.20.